The van der Waals surface area contributed by atoms with Crippen LogP contribution in [0.1, 0.15) is 16.7 Å². The van der Waals surface area contributed by atoms with E-state index in [1.165, 1.54) is 27.8 Å². The van der Waals surface area contributed by atoms with Gasteiger partial charge in [0.15, 0.2) is 5.82 Å². The second kappa shape index (κ2) is 12.0. The Bertz CT molecular complexity index is 2410. The van der Waals surface area contributed by atoms with Crippen LogP contribution >= 0.6 is 0 Å². The number of rotatable bonds is 5. The van der Waals surface area contributed by atoms with Crippen molar-refractivity contribution >= 4 is 5.57 Å². The molecule has 0 amide bonds. The molecule has 9 rings (SSSR count). The first-order chi connectivity index (χ1) is 24.2. The maximum absolute atomic E-state index is 6.46. The molecule has 1 aromatic heterocycles. The summed E-state index contributed by atoms with van der Waals surface area (Å²) in [5.74, 6) is 1.58. The summed E-state index contributed by atoms with van der Waals surface area (Å²) >= 11 is 0. The molecule has 0 unspecified atom stereocenters. The van der Waals surface area contributed by atoms with Gasteiger partial charge in [-0.25, -0.2) is 9.97 Å². The van der Waals surface area contributed by atoms with Crippen LogP contribution in [0.4, 0.5) is 0 Å². The smallest absolute Gasteiger partial charge is 0.160 e. The molecule has 49 heavy (non-hydrogen) atoms. The molecule has 3 heteroatoms. The van der Waals surface area contributed by atoms with Gasteiger partial charge >= 0.3 is 0 Å². The molecule has 1 aliphatic carbocycles. The molecule has 0 saturated heterocycles. The predicted molar refractivity (Wildman–Crippen MR) is 201 cm³/mol. The van der Waals surface area contributed by atoms with Crippen molar-refractivity contribution in [3.8, 4) is 73.0 Å². The summed E-state index contributed by atoms with van der Waals surface area (Å²) in [5.41, 5.74) is 16.6. The quantitative estimate of drug-likeness (QED) is 0.190. The van der Waals surface area contributed by atoms with Crippen LogP contribution in [0.5, 0.6) is 5.75 Å². The third-order valence-corrected chi connectivity index (χ3v) is 9.51. The SMILES string of the molecule is C=C1C=CCOc2c(-c3ccc(-c4nc(-c5ccccc5)cc(-c5cccc(-c6ccccc6)c5)n4)cc3)cc3c(c21)-c1ccccc1C3. The van der Waals surface area contributed by atoms with E-state index in [1.807, 2.05) is 30.3 Å². The third-order valence-electron chi connectivity index (χ3n) is 9.51. The van der Waals surface area contributed by atoms with Crippen LogP contribution in [0, 0.1) is 0 Å². The van der Waals surface area contributed by atoms with Gasteiger partial charge < -0.3 is 4.74 Å². The minimum atomic E-state index is 0.506. The number of ether oxygens (including phenoxy) is 1. The molecule has 0 N–H and O–H groups in total. The lowest BCUT2D eigenvalue weighted by atomic mass is 9.89. The molecule has 0 saturated carbocycles. The fraction of sp³-hybridized carbons (Fsp3) is 0.0435. The summed E-state index contributed by atoms with van der Waals surface area (Å²) < 4.78 is 6.46. The highest BCUT2D eigenvalue weighted by Gasteiger charge is 2.28. The van der Waals surface area contributed by atoms with Gasteiger partial charge in [0, 0.05) is 27.8 Å². The predicted octanol–water partition coefficient (Wildman–Crippen LogP) is 11.3. The van der Waals surface area contributed by atoms with Crippen LogP contribution in [0.2, 0.25) is 0 Å². The van der Waals surface area contributed by atoms with Gasteiger partial charge in [-0.2, -0.15) is 0 Å². The largest absolute Gasteiger partial charge is 0.488 e. The number of hydrogen-bond donors (Lipinski definition) is 0. The Morgan fingerprint density at radius 2 is 1.14 bits per heavy atom. The molecule has 3 nitrogen and oxygen atoms in total. The Morgan fingerprint density at radius 1 is 0.490 bits per heavy atom. The first-order valence-corrected chi connectivity index (χ1v) is 16.7. The lowest BCUT2D eigenvalue weighted by Crippen LogP contribution is -2.00. The Hall–Kier alpha value is -6.32. The van der Waals surface area contributed by atoms with Crippen LogP contribution < -0.4 is 4.74 Å². The maximum atomic E-state index is 6.46. The summed E-state index contributed by atoms with van der Waals surface area (Å²) in [5, 5.41) is 0. The van der Waals surface area contributed by atoms with E-state index in [9.17, 15) is 0 Å². The van der Waals surface area contributed by atoms with E-state index < -0.39 is 0 Å². The molecule has 0 radical (unpaired) electrons. The highest BCUT2D eigenvalue weighted by Crippen LogP contribution is 2.50. The zero-order valence-corrected chi connectivity index (χ0v) is 26.9. The van der Waals surface area contributed by atoms with E-state index in [1.54, 1.807) is 0 Å². The van der Waals surface area contributed by atoms with Crippen molar-refractivity contribution < 1.29 is 4.74 Å². The van der Waals surface area contributed by atoms with Gasteiger partial charge in [-0.1, -0.05) is 140 Å². The van der Waals surface area contributed by atoms with Crippen molar-refractivity contribution in [2.24, 2.45) is 0 Å². The summed E-state index contributed by atoms with van der Waals surface area (Å²) in [6.45, 7) is 4.97. The first kappa shape index (κ1) is 28.9. The van der Waals surface area contributed by atoms with Gasteiger partial charge in [0.25, 0.3) is 0 Å². The normalized spacial score (nSPS) is 12.9. The summed E-state index contributed by atoms with van der Waals surface area (Å²) in [7, 11) is 0. The molecule has 232 valence electrons. The Balaban J connectivity index is 1.14. The Kier molecular flexibility index (Phi) is 7.09. The van der Waals surface area contributed by atoms with Crippen LogP contribution in [0.15, 0.2) is 164 Å². The number of nitrogens with zero attached hydrogens (tertiary/aromatic N) is 2. The van der Waals surface area contributed by atoms with Gasteiger partial charge in [-0.05, 0) is 75.2 Å². The van der Waals surface area contributed by atoms with Crippen molar-refractivity contribution in [3.05, 3.63) is 181 Å². The van der Waals surface area contributed by atoms with E-state index in [2.05, 4.69) is 134 Å². The number of allylic oxidation sites excluding steroid dienone is 2. The van der Waals surface area contributed by atoms with Crippen molar-refractivity contribution in [2.45, 2.75) is 6.42 Å². The number of benzene rings is 6. The van der Waals surface area contributed by atoms with E-state index in [0.29, 0.717) is 12.4 Å². The molecule has 6 aromatic carbocycles. The Morgan fingerprint density at radius 3 is 1.94 bits per heavy atom. The van der Waals surface area contributed by atoms with Gasteiger partial charge in [-0.3, -0.25) is 0 Å². The second-order valence-corrected chi connectivity index (χ2v) is 12.6. The van der Waals surface area contributed by atoms with Gasteiger partial charge in [0.1, 0.15) is 12.4 Å². The third kappa shape index (κ3) is 5.26. The van der Waals surface area contributed by atoms with Crippen molar-refractivity contribution in [1.82, 2.24) is 9.97 Å². The zero-order chi connectivity index (χ0) is 32.7. The minimum absolute atomic E-state index is 0.506. The van der Waals surface area contributed by atoms with Crippen molar-refractivity contribution in [3.63, 3.8) is 0 Å². The molecule has 0 atom stereocenters. The van der Waals surface area contributed by atoms with Crippen molar-refractivity contribution in [1.29, 1.82) is 0 Å². The standard InChI is InChI=1S/C46H32N2O/c1-30-12-11-25-49-45-40(28-38-27-36-17-8-9-20-39(36)44(38)43(30)45)32-21-23-34(24-22-32)46-47-41(33-15-6-3-7-16-33)29-42(48-46)37-19-10-18-35(26-37)31-13-4-2-5-14-31/h2-24,26,28-29H,1,25,27H2. The van der Waals surface area contributed by atoms with Crippen LogP contribution in [0.3, 0.4) is 0 Å². The lowest BCUT2D eigenvalue weighted by Gasteiger charge is -2.19. The van der Waals surface area contributed by atoms with Gasteiger partial charge in [0.2, 0.25) is 0 Å². The number of fused-ring (bicyclic) bond motifs is 5. The molecular weight excluding hydrogens is 597 g/mol. The van der Waals surface area contributed by atoms with Crippen molar-refractivity contribution in [2.75, 3.05) is 6.61 Å². The Labute approximate surface area is 286 Å². The van der Waals surface area contributed by atoms with Crippen LogP contribution in [-0.2, 0) is 6.42 Å². The van der Waals surface area contributed by atoms with E-state index in [4.69, 9.17) is 14.7 Å². The highest BCUT2D eigenvalue weighted by atomic mass is 16.5. The number of hydrogen-bond acceptors (Lipinski definition) is 3. The van der Waals surface area contributed by atoms with Crippen LogP contribution in [-0.4, -0.2) is 16.6 Å². The minimum Gasteiger partial charge on any atom is -0.488 e. The first-order valence-electron chi connectivity index (χ1n) is 16.7. The van der Waals surface area contributed by atoms with Gasteiger partial charge in [-0.15, -0.1) is 0 Å². The molecule has 1 aliphatic heterocycles. The lowest BCUT2D eigenvalue weighted by molar-refractivity contribution is 0.365. The monoisotopic (exact) mass is 628 g/mol. The van der Waals surface area contributed by atoms with Crippen LogP contribution in [0.25, 0.3) is 72.9 Å². The van der Waals surface area contributed by atoms with E-state index >= 15 is 0 Å². The molecule has 0 fully saturated rings. The highest BCUT2D eigenvalue weighted by molar-refractivity contribution is 5.97. The number of aromatic nitrogens is 2. The van der Waals surface area contributed by atoms with E-state index in [0.717, 1.165) is 68.1 Å². The zero-order valence-electron chi connectivity index (χ0n) is 26.9. The fourth-order valence-electron chi connectivity index (χ4n) is 7.14. The molecule has 2 heterocycles. The second-order valence-electron chi connectivity index (χ2n) is 12.6. The molecule has 2 aliphatic rings. The van der Waals surface area contributed by atoms with Gasteiger partial charge in [0.05, 0.1) is 11.4 Å². The van der Waals surface area contributed by atoms with E-state index in [-0.39, 0.29) is 0 Å². The topological polar surface area (TPSA) is 35.0 Å². The molecule has 7 aromatic rings. The summed E-state index contributed by atoms with van der Waals surface area (Å²) in [6, 6.07) is 51.0. The molecule has 0 spiro atoms. The summed E-state index contributed by atoms with van der Waals surface area (Å²) in [4.78, 5) is 10.2. The average molecular weight is 629 g/mol. The molecule has 0 bridgehead atoms. The fourth-order valence-corrected chi connectivity index (χ4v) is 7.14. The molecular formula is C46H32N2O. The maximum Gasteiger partial charge on any atom is 0.160 e. The summed E-state index contributed by atoms with van der Waals surface area (Å²) in [6.07, 6.45) is 5.03. The average Bonchev–Trinajstić information content (AvgIpc) is 3.43.